The van der Waals surface area contributed by atoms with Gasteiger partial charge in [-0.2, -0.15) is 18.3 Å². The molecule has 0 fully saturated rings. The third-order valence-corrected chi connectivity index (χ3v) is 3.43. The number of nitrogens with two attached hydrogens (primary N) is 1. The molecule has 23 heavy (non-hydrogen) atoms. The molecule has 118 valence electrons. The average molecular weight is 323 g/mol. The second kappa shape index (κ2) is 5.08. The number of aromatic amines is 1. The summed E-state index contributed by atoms with van der Waals surface area (Å²) in [5, 5.41) is 6.62. The zero-order valence-electron chi connectivity index (χ0n) is 11.4. The number of primary amides is 1. The Balaban J connectivity index is 2.29. The smallest absolute Gasteiger partial charge is 0.366 e. The first kappa shape index (κ1) is 15.0. The van der Waals surface area contributed by atoms with Crippen LogP contribution in [0.4, 0.5) is 17.6 Å². The molecule has 0 atom stereocenters. The van der Waals surface area contributed by atoms with Crippen molar-refractivity contribution in [1.82, 2.24) is 10.2 Å². The summed E-state index contributed by atoms with van der Waals surface area (Å²) in [4.78, 5) is 11.2. The van der Waals surface area contributed by atoms with Crippen molar-refractivity contribution >= 4 is 16.8 Å². The Labute approximate surface area is 126 Å². The number of hydrogen-bond donors (Lipinski definition) is 2. The van der Waals surface area contributed by atoms with Crippen molar-refractivity contribution in [2.75, 3.05) is 0 Å². The maximum Gasteiger partial charge on any atom is 0.416 e. The monoisotopic (exact) mass is 323 g/mol. The zero-order valence-corrected chi connectivity index (χ0v) is 11.4. The lowest BCUT2D eigenvalue weighted by Crippen LogP contribution is -2.13. The van der Waals surface area contributed by atoms with Gasteiger partial charge in [-0.05, 0) is 35.4 Å². The topological polar surface area (TPSA) is 71.8 Å². The van der Waals surface area contributed by atoms with Crippen molar-refractivity contribution in [3.63, 3.8) is 0 Å². The standard InChI is InChI=1S/C15H9F4N3O/c16-12-2-1-7(3-10(12)14(20)23)9-4-8(15(17,18)19)5-13-11(9)6-21-22-13/h1-6H,(H2,20,23)(H,21,22). The van der Waals surface area contributed by atoms with Crippen molar-refractivity contribution in [3.8, 4) is 11.1 Å². The lowest BCUT2D eigenvalue weighted by molar-refractivity contribution is -0.137. The minimum Gasteiger partial charge on any atom is -0.366 e. The molecular formula is C15H9F4N3O. The molecule has 0 spiro atoms. The predicted molar refractivity (Wildman–Crippen MR) is 75.0 cm³/mol. The number of hydrogen-bond acceptors (Lipinski definition) is 2. The summed E-state index contributed by atoms with van der Waals surface area (Å²) >= 11 is 0. The maximum absolute atomic E-state index is 13.6. The minimum atomic E-state index is -4.55. The number of aromatic nitrogens is 2. The molecule has 0 saturated carbocycles. The highest BCUT2D eigenvalue weighted by Gasteiger charge is 2.31. The number of carbonyl (C=O) groups excluding carboxylic acids is 1. The number of halogens is 4. The molecule has 0 aliphatic carbocycles. The second-order valence-electron chi connectivity index (χ2n) is 4.91. The van der Waals surface area contributed by atoms with Gasteiger partial charge in [-0.1, -0.05) is 6.07 Å². The van der Waals surface area contributed by atoms with Crippen LogP contribution in [-0.4, -0.2) is 16.1 Å². The fourth-order valence-electron chi connectivity index (χ4n) is 2.34. The van der Waals surface area contributed by atoms with E-state index in [-0.39, 0.29) is 16.6 Å². The van der Waals surface area contributed by atoms with E-state index in [1.807, 2.05) is 0 Å². The van der Waals surface area contributed by atoms with Gasteiger partial charge in [0.1, 0.15) is 5.82 Å². The molecule has 1 amide bonds. The van der Waals surface area contributed by atoms with Crippen molar-refractivity contribution in [2.45, 2.75) is 6.18 Å². The quantitative estimate of drug-likeness (QED) is 0.709. The average Bonchev–Trinajstić information content (AvgIpc) is 2.94. The van der Waals surface area contributed by atoms with Crippen LogP contribution < -0.4 is 5.73 Å². The number of carbonyl (C=O) groups is 1. The summed E-state index contributed by atoms with van der Waals surface area (Å²) in [5.41, 5.74) is 4.39. The summed E-state index contributed by atoms with van der Waals surface area (Å²) in [6.45, 7) is 0. The number of H-pyrrole nitrogens is 1. The third-order valence-electron chi connectivity index (χ3n) is 3.43. The van der Waals surface area contributed by atoms with Gasteiger partial charge in [0, 0.05) is 5.39 Å². The van der Waals surface area contributed by atoms with E-state index in [9.17, 15) is 22.4 Å². The fraction of sp³-hybridized carbons (Fsp3) is 0.0667. The molecule has 0 aliphatic heterocycles. The molecule has 0 bridgehead atoms. The normalized spacial score (nSPS) is 11.8. The Morgan fingerprint density at radius 2 is 1.91 bits per heavy atom. The van der Waals surface area contributed by atoms with E-state index in [0.717, 1.165) is 24.3 Å². The third kappa shape index (κ3) is 2.63. The van der Waals surface area contributed by atoms with E-state index < -0.39 is 29.0 Å². The lowest BCUT2D eigenvalue weighted by atomic mass is 9.97. The molecule has 0 aliphatic rings. The number of nitrogens with one attached hydrogen (secondary N) is 1. The Kier molecular flexibility index (Phi) is 3.32. The van der Waals surface area contributed by atoms with Gasteiger partial charge in [-0.3, -0.25) is 9.89 Å². The van der Waals surface area contributed by atoms with Crippen LogP contribution in [0.15, 0.2) is 36.5 Å². The van der Waals surface area contributed by atoms with E-state index in [0.29, 0.717) is 5.39 Å². The molecule has 4 nitrogen and oxygen atoms in total. The van der Waals surface area contributed by atoms with Gasteiger partial charge in [-0.25, -0.2) is 4.39 Å². The van der Waals surface area contributed by atoms with Crippen LogP contribution in [-0.2, 0) is 6.18 Å². The first-order valence-electron chi connectivity index (χ1n) is 6.41. The lowest BCUT2D eigenvalue weighted by Gasteiger charge is -2.11. The van der Waals surface area contributed by atoms with Crippen molar-refractivity contribution in [2.24, 2.45) is 5.73 Å². The van der Waals surface area contributed by atoms with Crippen LogP contribution in [0, 0.1) is 5.82 Å². The summed E-state index contributed by atoms with van der Waals surface area (Å²) in [5.74, 6) is -1.84. The molecule has 3 N–H and O–H groups in total. The Morgan fingerprint density at radius 3 is 2.57 bits per heavy atom. The zero-order chi connectivity index (χ0) is 16.8. The van der Waals surface area contributed by atoms with E-state index in [1.165, 1.54) is 12.3 Å². The maximum atomic E-state index is 13.6. The highest BCUT2D eigenvalue weighted by molar-refractivity contribution is 5.98. The van der Waals surface area contributed by atoms with Crippen LogP contribution in [0.1, 0.15) is 15.9 Å². The van der Waals surface area contributed by atoms with E-state index >= 15 is 0 Å². The van der Waals surface area contributed by atoms with Gasteiger partial charge in [0.15, 0.2) is 0 Å². The number of nitrogens with zero attached hydrogens (tertiary/aromatic N) is 1. The fourth-order valence-corrected chi connectivity index (χ4v) is 2.34. The SMILES string of the molecule is NC(=O)c1cc(-c2cc(C(F)(F)F)cc3[nH]ncc23)ccc1F. The number of amides is 1. The molecule has 0 unspecified atom stereocenters. The summed E-state index contributed by atoms with van der Waals surface area (Å²) in [6, 6.07) is 5.26. The van der Waals surface area contributed by atoms with Gasteiger partial charge >= 0.3 is 6.18 Å². The van der Waals surface area contributed by atoms with Gasteiger partial charge in [0.2, 0.25) is 0 Å². The molecule has 3 aromatic rings. The van der Waals surface area contributed by atoms with E-state index in [1.54, 1.807) is 0 Å². The summed E-state index contributed by atoms with van der Waals surface area (Å²) in [6.07, 6.45) is -3.20. The minimum absolute atomic E-state index is 0.172. The van der Waals surface area contributed by atoms with E-state index in [4.69, 9.17) is 5.73 Å². The highest BCUT2D eigenvalue weighted by Crippen LogP contribution is 2.36. The first-order valence-corrected chi connectivity index (χ1v) is 6.41. The number of benzene rings is 2. The Morgan fingerprint density at radius 1 is 1.17 bits per heavy atom. The van der Waals surface area contributed by atoms with Gasteiger partial charge in [0.05, 0.1) is 22.8 Å². The van der Waals surface area contributed by atoms with Gasteiger partial charge in [0.25, 0.3) is 5.91 Å². The van der Waals surface area contributed by atoms with Crippen molar-refractivity contribution in [1.29, 1.82) is 0 Å². The Hall–Kier alpha value is -2.90. The Bertz CT molecular complexity index is 915. The molecule has 2 aromatic carbocycles. The van der Waals surface area contributed by atoms with Gasteiger partial charge < -0.3 is 5.73 Å². The van der Waals surface area contributed by atoms with Crippen molar-refractivity contribution in [3.05, 3.63) is 53.5 Å². The summed E-state index contributed by atoms with van der Waals surface area (Å²) < 4.78 is 52.6. The van der Waals surface area contributed by atoms with Crippen molar-refractivity contribution < 1.29 is 22.4 Å². The summed E-state index contributed by atoms with van der Waals surface area (Å²) in [7, 11) is 0. The molecule has 0 radical (unpaired) electrons. The van der Waals surface area contributed by atoms with Crippen LogP contribution in [0.2, 0.25) is 0 Å². The van der Waals surface area contributed by atoms with Gasteiger partial charge in [-0.15, -0.1) is 0 Å². The first-order chi connectivity index (χ1) is 10.8. The largest absolute Gasteiger partial charge is 0.416 e. The molecule has 3 rings (SSSR count). The predicted octanol–water partition coefficient (Wildman–Crippen LogP) is 3.49. The van der Waals surface area contributed by atoms with Crippen LogP contribution in [0.25, 0.3) is 22.0 Å². The second-order valence-corrected chi connectivity index (χ2v) is 4.91. The molecular weight excluding hydrogens is 314 g/mol. The van der Waals surface area contributed by atoms with Crippen LogP contribution in [0.3, 0.4) is 0 Å². The number of rotatable bonds is 2. The number of alkyl halides is 3. The molecule has 0 saturated heterocycles. The molecule has 1 heterocycles. The highest BCUT2D eigenvalue weighted by atomic mass is 19.4. The van der Waals surface area contributed by atoms with Crippen LogP contribution >= 0.6 is 0 Å². The molecule has 8 heteroatoms. The number of fused-ring (bicyclic) bond motifs is 1. The van der Waals surface area contributed by atoms with E-state index in [2.05, 4.69) is 10.2 Å². The van der Waals surface area contributed by atoms with Crippen LogP contribution in [0.5, 0.6) is 0 Å². The molecule has 1 aromatic heterocycles.